The molecule has 136 valence electrons. The molecule has 0 aromatic rings. The zero-order chi connectivity index (χ0) is 17.9. The molecule has 0 saturated carbocycles. The molecule has 2 unspecified atom stereocenters. The first kappa shape index (κ1) is 20.0. The van der Waals surface area contributed by atoms with E-state index in [0.717, 1.165) is 6.55 Å². The Morgan fingerprint density at radius 2 is 0.870 bits per heavy atom. The summed E-state index contributed by atoms with van der Waals surface area (Å²) in [5.41, 5.74) is 0. The molecule has 9 N–H and O–H groups in total. The second kappa shape index (κ2) is 5.58. The van der Waals surface area contributed by atoms with Crippen LogP contribution in [0.2, 0.25) is 6.55 Å². The zero-order valence-corrected chi connectivity index (χ0v) is 16.9. The van der Waals surface area contributed by atoms with E-state index >= 15 is 0 Å². The van der Waals surface area contributed by atoms with Gasteiger partial charge >= 0.3 is 54.0 Å². The average molecular weight is 449 g/mol. The minimum atomic E-state index is -5.48. The normalized spacial score (nSPS) is 41.5. The molecule has 0 spiro atoms. The fourth-order valence-corrected chi connectivity index (χ4v) is 17.6. The van der Waals surface area contributed by atoms with Crippen LogP contribution in [0.3, 0.4) is 0 Å². The van der Waals surface area contributed by atoms with Crippen molar-refractivity contribution in [2.45, 2.75) is 6.55 Å². The Bertz CT molecular complexity index is 397. The van der Waals surface area contributed by atoms with Crippen LogP contribution < -0.4 is 0 Å². The quantitative estimate of drug-likeness (QED) is 0.178. The first-order chi connectivity index (χ1) is 9.95. The molecule has 0 bridgehead atoms. The van der Waals surface area contributed by atoms with Crippen molar-refractivity contribution in [1.82, 2.24) is 0 Å². The van der Waals surface area contributed by atoms with Crippen LogP contribution in [0.25, 0.3) is 0 Å². The fraction of sp³-hybridized carbons (Fsp3) is 1.00. The fourth-order valence-electron chi connectivity index (χ4n) is 1.53. The molecule has 23 heavy (non-hydrogen) atoms. The van der Waals surface area contributed by atoms with Crippen LogP contribution in [0.4, 0.5) is 0 Å². The van der Waals surface area contributed by atoms with Gasteiger partial charge < -0.3 is 72.0 Å². The minimum absolute atomic E-state index is 0.830. The van der Waals surface area contributed by atoms with Gasteiger partial charge in [0, 0.05) is 6.55 Å². The predicted molar refractivity (Wildman–Crippen MR) is 68.0 cm³/mol. The summed E-state index contributed by atoms with van der Waals surface area (Å²) in [6, 6.07) is 0. The molecule has 2 rings (SSSR count). The van der Waals surface area contributed by atoms with Crippen molar-refractivity contribution >= 4 is 54.0 Å². The third-order valence-corrected chi connectivity index (χ3v) is 17.6. The number of hydrogen-bond acceptors (Lipinski definition) is 16. The van der Waals surface area contributed by atoms with E-state index in [-0.39, 0.29) is 0 Å². The van der Waals surface area contributed by atoms with E-state index in [1.165, 1.54) is 0 Å². The van der Waals surface area contributed by atoms with E-state index in [2.05, 4.69) is 28.8 Å². The maximum atomic E-state index is 9.96. The molecule has 2 atom stereocenters. The SMILES string of the molecule is C[Si]1(O)O[Si](O)(O)O[Si](O)(O[Si]2(O)O[Si](O)(O)O[Si](O)(O)O2)O1. The molecule has 0 aromatic carbocycles. The molecule has 22 heteroatoms. The number of rotatable bonds is 2. The van der Waals surface area contributed by atoms with Crippen LogP contribution in [-0.4, -0.2) is 97.2 Å². The lowest BCUT2D eigenvalue weighted by Gasteiger charge is -2.43. The zero-order valence-electron chi connectivity index (χ0n) is 10.9. The Hall–Kier alpha value is 0.661. The molecular weight excluding hydrogens is 437 g/mol. The highest BCUT2D eigenvalue weighted by molar-refractivity contribution is 6.88. The second-order valence-electron chi connectivity index (χ2n) is 4.31. The lowest BCUT2D eigenvalue weighted by Crippen LogP contribution is -2.78. The maximum Gasteiger partial charge on any atom is 0.662 e. The van der Waals surface area contributed by atoms with Crippen LogP contribution in [0.1, 0.15) is 0 Å². The van der Waals surface area contributed by atoms with E-state index < -0.39 is 54.0 Å². The van der Waals surface area contributed by atoms with E-state index in [9.17, 15) is 43.2 Å². The van der Waals surface area contributed by atoms with Crippen LogP contribution in [0, 0.1) is 0 Å². The molecule has 0 radical (unpaired) electrons. The van der Waals surface area contributed by atoms with E-state index in [4.69, 9.17) is 0 Å². The van der Waals surface area contributed by atoms with Crippen molar-refractivity contribution in [3.8, 4) is 0 Å². The van der Waals surface area contributed by atoms with E-state index in [0.29, 0.717) is 0 Å². The van der Waals surface area contributed by atoms with Crippen molar-refractivity contribution in [2.24, 2.45) is 0 Å². The summed E-state index contributed by atoms with van der Waals surface area (Å²) in [5.74, 6) is 0. The van der Waals surface area contributed by atoms with Gasteiger partial charge in [-0.05, 0) is 0 Å². The highest BCUT2D eigenvalue weighted by Gasteiger charge is 2.75. The third-order valence-electron chi connectivity index (χ3n) is 1.95. The topological polar surface area (TPSA) is 247 Å². The molecular formula is CH12O16Si6. The van der Waals surface area contributed by atoms with Crippen LogP contribution in [-0.2, 0) is 28.8 Å². The van der Waals surface area contributed by atoms with Gasteiger partial charge in [-0.1, -0.05) is 0 Å². The summed E-state index contributed by atoms with van der Waals surface area (Å²) in [6.45, 7) is 0.830. The van der Waals surface area contributed by atoms with Gasteiger partial charge in [0.05, 0.1) is 0 Å². The largest absolute Gasteiger partial charge is 0.662 e. The molecule has 2 saturated heterocycles. The lowest BCUT2D eigenvalue weighted by atomic mass is 11.9. The standard InChI is InChI=1S/CH12O16Si6/c1-18(2)11-19(3,4)14-22(9,12-18)17-23(10)15-20(5,6)13-21(7,8)16-23/h2-10H,1H3. The van der Waals surface area contributed by atoms with Crippen LogP contribution >= 0.6 is 0 Å². The van der Waals surface area contributed by atoms with Crippen molar-refractivity contribution in [3.05, 3.63) is 0 Å². The van der Waals surface area contributed by atoms with Crippen molar-refractivity contribution < 1.29 is 72.0 Å². The summed E-state index contributed by atoms with van der Waals surface area (Å²) >= 11 is 0. The molecule has 16 nitrogen and oxygen atoms in total. The molecule has 2 fully saturated rings. The van der Waals surface area contributed by atoms with Gasteiger partial charge in [0.15, 0.2) is 0 Å². The lowest BCUT2D eigenvalue weighted by molar-refractivity contribution is -0.0697. The molecule has 2 aliphatic heterocycles. The summed E-state index contributed by atoms with van der Waals surface area (Å²) in [4.78, 5) is 85.1. The molecule has 2 heterocycles. The smallest absolute Gasteiger partial charge is 0.391 e. The first-order valence-corrected chi connectivity index (χ1v) is 16.1. The minimum Gasteiger partial charge on any atom is -0.391 e. The Morgan fingerprint density at radius 1 is 0.522 bits per heavy atom. The second-order valence-corrected chi connectivity index (χ2v) is 17.2. The number of hydrogen-bond donors (Lipinski definition) is 9. The van der Waals surface area contributed by atoms with Gasteiger partial charge in [0.25, 0.3) is 0 Å². The Morgan fingerprint density at radius 3 is 1.26 bits per heavy atom. The van der Waals surface area contributed by atoms with Crippen LogP contribution in [0.15, 0.2) is 0 Å². The summed E-state index contributed by atoms with van der Waals surface area (Å²) in [7, 11) is -31.0. The van der Waals surface area contributed by atoms with E-state index in [1.54, 1.807) is 0 Å². The van der Waals surface area contributed by atoms with Crippen molar-refractivity contribution in [1.29, 1.82) is 0 Å². The van der Waals surface area contributed by atoms with Crippen molar-refractivity contribution in [2.75, 3.05) is 0 Å². The van der Waals surface area contributed by atoms with Crippen molar-refractivity contribution in [3.63, 3.8) is 0 Å². The molecule has 0 amide bonds. The van der Waals surface area contributed by atoms with Gasteiger partial charge in [-0.3, -0.25) is 0 Å². The Kier molecular flexibility index (Phi) is 4.85. The third kappa shape index (κ3) is 5.32. The average Bonchev–Trinajstić information content (AvgIpc) is 1.98. The summed E-state index contributed by atoms with van der Waals surface area (Å²) in [6.07, 6.45) is 0. The Balaban J connectivity index is 2.25. The van der Waals surface area contributed by atoms with Gasteiger partial charge in [-0.15, -0.1) is 0 Å². The predicted octanol–water partition coefficient (Wildman–Crippen LogP) is -7.19. The summed E-state index contributed by atoms with van der Waals surface area (Å²) in [5, 5.41) is 0. The van der Waals surface area contributed by atoms with E-state index in [1.807, 2.05) is 0 Å². The molecule has 2 aliphatic rings. The van der Waals surface area contributed by atoms with Gasteiger partial charge in [-0.2, -0.15) is 0 Å². The Labute approximate surface area is 133 Å². The molecule has 0 aromatic heterocycles. The monoisotopic (exact) mass is 448 g/mol. The summed E-state index contributed by atoms with van der Waals surface area (Å²) < 4.78 is 29.7. The van der Waals surface area contributed by atoms with Crippen LogP contribution in [0.5, 0.6) is 0 Å². The first-order valence-electron chi connectivity index (χ1n) is 5.37. The molecule has 0 aliphatic carbocycles. The highest BCUT2D eigenvalue weighted by atomic mass is 28.6. The van der Waals surface area contributed by atoms with Gasteiger partial charge in [-0.25, -0.2) is 0 Å². The van der Waals surface area contributed by atoms with Gasteiger partial charge in [0.2, 0.25) is 0 Å². The highest BCUT2D eigenvalue weighted by Crippen LogP contribution is 2.31. The van der Waals surface area contributed by atoms with Gasteiger partial charge in [0.1, 0.15) is 0 Å². The maximum absolute atomic E-state index is 9.96.